The number of sulfone groups is 1. The van der Waals surface area contributed by atoms with Crippen LogP contribution < -0.4 is 0 Å². The van der Waals surface area contributed by atoms with Crippen molar-refractivity contribution in [2.75, 3.05) is 6.26 Å². The van der Waals surface area contributed by atoms with Gasteiger partial charge in [0.25, 0.3) is 0 Å². The second-order valence-electron chi connectivity index (χ2n) is 5.42. The summed E-state index contributed by atoms with van der Waals surface area (Å²) in [5.41, 5.74) is 2.47. The van der Waals surface area contributed by atoms with E-state index in [-0.39, 0.29) is 16.6 Å². The number of hydrogen-bond donors (Lipinski definition) is 1. The number of rotatable bonds is 2. The monoisotopic (exact) mass is 306 g/mol. The fourth-order valence-electron chi connectivity index (χ4n) is 2.88. The molecule has 2 aromatic rings. The molecule has 5 heteroatoms. The Morgan fingerprint density at radius 3 is 2.38 bits per heavy atom. The zero-order valence-corrected chi connectivity index (χ0v) is 12.3. The first kappa shape index (κ1) is 14.2. The number of hydrogen-bond acceptors (Lipinski definition) is 3. The van der Waals surface area contributed by atoms with Crippen LogP contribution in [0.5, 0.6) is 0 Å². The van der Waals surface area contributed by atoms with Crippen molar-refractivity contribution in [1.82, 2.24) is 0 Å². The lowest BCUT2D eigenvalue weighted by Crippen LogP contribution is -2.00. The van der Waals surface area contributed by atoms with Gasteiger partial charge in [0.2, 0.25) is 0 Å². The summed E-state index contributed by atoms with van der Waals surface area (Å²) in [5.74, 6) is -0.339. The van der Waals surface area contributed by atoms with Gasteiger partial charge in [0.15, 0.2) is 9.84 Å². The largest absolute Gasteiger partial charge is 0.388 e. The molecule has 1 aliphatic carbocycles. The predicted octanol–water partition coefficient (Wildman–Crippen LogP) is 2.80. The van der Waals surface area contributed by atoms with Crippen LogP contribution in [0.4, 0.5) is 4.39 Å². The molecule has 0 unspecified atom stereocenters. The quantitative estimate of drug-likeness (QED) is 0.928. The Morgan fingerprint density at radius 1 is 1.10 bits per heavy atom. The lowest BCUT2D eigenvalue weighted by Gasteiger charge is -2.12. The van der Waals surface area contributed by atoms with Crippen LogP contribution in [0, 0.1) is 5.82 Å². The maximum atomic E-state index is 13.0. The van der Waals surface area contributed by atoms with Gasteiger partial charge in [-0.15, -0.1) is 0 Å². The molecule has 0 heterocycles. The fourth-order valence-corrected chi connectivity index (χ4v) is 3.53. The number of aliphatic hydroxyl groups excluding tert-OH is 1. The average molecular weight is 306 g/mol. The Balaban J connectivity index is 2.06. The summed E-state index contributed by atoms with van der Waals surface area (Å²) in [6, 6.07) is 11.0. The van der Waals surface area contributed by atoms with E-state index in [4.69, 9.17) is 0 Å². The van der Waals surface area contributed by atoms with Crippen LogP contribution in [-0.2, 0) is 9.84 Å². The molecule has 0 saturated carbocycles. The Bertz CT molecular complexity index is 782. The van der Waals surface area contributed by atoms with Crippen LogP contribution in [0.25, 0.3) is 0 Å². The van der Waals surface area contributed by atoms with Crippen LogP contribution in [0.2, 0.25) is 0 Å². The van der Waals surface area contributed by atoms with Crippen molar-refractivity contribution < 1.29 is 17.9 Å². The van der Waals surface area contributed by atoms with Crippen molar-refractivity contribution in [1.29, 1.82) is 0 Å². The Morgan fingerprint density at radius 2 is 1.76 bits per heavy atom. The topological polar surface area (TPSA) is 54.4 Å². The Kier molecular flexibility index (Phi) is 3.34. The highest BCUT2D eigenvalue weighted by molar-refractivity contribution is 7.90. The van der Waals surface area contributed by atoms with E-state index in [1.165, 1.54) is 12.1 Å². The maximum absolute atomic E-state index is 13.0. The molecule has 0 aliphatic heterocycles. The summed E-state index contributed by atoms with van der Waals surface area (Å²) < 4.78 is 36.2. The molecule has 0 amide bonds. The third kappa shape index (κ3) is 2.59. The van der Waals surface area contributed by atoms with Crippen LogP contribution in [0.1, 0.15) is 35.1 Å². The van der Waals surface area contributed by atoms with Gasteiger partial charge in [0, 0.05) is 12.2 Å². The normalized spacial score (nSPS) is 21.3. The molecule has 110 valence electrons. The number of halogens is 1. The van der Waals surface area contributed by atoms with Crippen molar-refractivity contribution in [3.05, 3.63) is 65.0 Å². The standard InChI is InChI=1S/C16H15FO3S/c1-21(19,20)12-6-7-13-14(9-16(18)15(13)8-12)10-2-4-11(17)5-3-10/h2-8,14,16,18H,9H2,1H3/t14-,16-/m1/s1. The van der Waals surface area contributed by atoms with Crippen molar-refractivity contribution in [3.8, 4) is 0 Å². The van der Waals surface area contributed by atoms with E-state index >= 15 is 0 Å². The van der Waals surface area contributed by atoms with Crippen LogP contribution in [0.3, 0.4) is 0 Å². The van der Waals surface area contributed by atoms with Gasteiger partial charge < -0.3 is 5.11 Å². The average Bonchev–Trinajstić information content (AvgIpc) is 2.76. The number of fused-ring (bicyclic) bond motifs is 1. The molecular weight excluding hydrogens is 291 g/mol. The van der Waals surface area contributed by atoms with E-state index in [9.17, 15) is 17.9 Å². The molecule has 0 radical (unpaired) electrons. The maximum Gasteiger partial charge on any atom is 0.175 e. The van der Waals surface area contributed by atoms with Gasteiger partial charge >= 0.3 is 0 Å². The highest BCUT2D eigenvalue weighted by Gasteiger charge is 2.31. The Hall–Kier alpha value is -1.72. The molecule has 1 aliphatic rings. The highest BCUT2D eigenvalue weighted by atomic mass is 32.2. The molecule has 2 atom stereocenters. The minimum atomic E-state index is -3.30. The number of benzene rings is 2. The zero-order chi connectivity index (χ0) is 15.2. The fraction of sp³-hybridized carbons (Fsp3) is 0.250. The lowest BCUT2D eigenvalue weighted by atomic mass is 9.93. The molecule has 1 N–H and O–H groups in total. The smallest absolute Gasteiger partial charge is 0.175 e. The predicted molar refractivity (Wildman–Crippen MR) is 77.4 cm³/mol. The van der Waals surface area contributed by atoms with E-state index in [0.29, 0.717) is 12.0 Å². The molecule has 0 aromatic heterocycles. The zero-order valence-electron chi connectivity index (χ0n) is 11.5. The van der Waals surface area contributed by atoms with E-state index in [2.05, 4.69) is 0 Å². The van der Waals surface area contributed by atoms with Crippen molar-refractivity contribution >= 4 is 9.84 Å². The molecule has 0 saturated heterocycles. The molecule has 0 fully saturated rings. The van der Waals surface area contributed by atoms with Gasteiger partial charge in [-0.2, -0.15) is 0 Å². The van der Waals surface area contributed by atoms with Crippen LogP contribution in [-0.4, -0.2) is 19.8 Å². The summed E-state index contributed by atoms with van der Waals surface area (Å²) >= 11 is 0. The molecular formula is C16H15FO3S. The van der Waals surface area contributed by atoms with E-state index in [0.717, 1.165) is 17.4 Å². The van der Waals surface area contributed by atoms with Gasteiger partial charge in [-0.3, -0.25) is 0 Å². The number of aliphatic hydroxyl groups is 1. The third-order valence-corrected chi connectivity index (χ3v) is 5.06. The highest BCUT2D eigenvalue weighted by Crippen LogP contribution is 2.44. The van der Waals surface area contributed by atoms with Crippen molar-refractivity contribution in [3.63, 3.8) is 0 Å². The van der Waals surface area contributed by atoms with Crippen molar-refractivity contribution in [2.24, 2.45) is 0 Å². The minimum absolute atomic E-state index is 0.0378. The third-order valence-electron chi connectivity index (χ3n) is 3.95. The van der Waals surface area contributed by atoms with E-state index < -0.39 is 15.9 Å². The van der Waals surface area contributed by atoms with Gasteiger partial charge in [-0.05, 0) is 47.4 Å². The minimum Gasteiger partial charge on any atom is -0.388 e. The van der Waals surface area contributed by atoms with E-state index in [1.807, 2.05) is 0 Å². The molecule has 0 bridgehead atoms. The first-order valence-electron chi connectivity index (χ1n) is 6.63. The second-order valence-corrected chi connectivity index (χ2v) is 7.43. The summed E-state index contributed by atoms with van der Waals surface area (Å²) in [5, 5.41) is 10.2. The van der Waals surface area contributed by atoms with Gasteiger partial charge in [-0.25, -0.2) is 12.8 Å². The van der Waals surface area contributed by atoms with Gasteiger partial charge in [-0.1, -0.05) is 18.2 Å². The lowest BCUT2D eigenvalue weighted by molar-refractivity contribution is 0.176. The second kappa shape index (κ2) is 4.93. The molecule has 3 nitrogen and oxygen atoms in total. The summed E-state index contributed by atoms with van der Waals surface area (Å²) in [6.45, 7) is 0. The summed E-state index contributed by atoms with van der Waals surface area (Å²) in [4.78, 5) is 0.208. The molecule has 21 heavy (non-hydrogen) atoms. The first-order valence-corrected chi connectivity index (χ1v) is 8.53. The van der Waals surface area contributed by atoms with Crippen LogP contribution >= 0.6 is 0 Å². The molecule has 2 aromatic carbocycles. The first-order chi connectivity index (χ1) is 9.86. The van der Waals surface area contributed by atoms with E-state index in [1.54, 1.807) is 30.3 Å². The summed E-state index contributed by atoms with van der Waals surface area (Å²) in [7, 11) is -3.30. The van der Waals surface area contributed by atoms with Gasteiger partial charge in [0.05, 0.1) is 11.0 Å². The molecule has 0 spiro atoms. The molecule has 3 rings (SSSR count). The van der Waals surface area contributed by atoms with Crippen molar-refractivity contribution in [2.45, 2.75) is 23.3 Å². The Labute approximate surface area is 123 Å². The summed E-state index contributed by atoms with van der Waals surface area (Å²) in [6.07, 6.45) is 0.929. The van der Waals surface area contributed by atoms with Gasteiger partial charge in [0.1, 0.15) is 5.82 Å². The SMILES string of the molecule is CS(=O)(=O)c1ccc2c(c1)[C@H](O)C[C@@H]2c1ccc(F)cc1. The van der Waals surface area contributed by atoms with Crippen LogP contribution in [0.15, 0.2) is 47.4 Å².